The van der Waals surface area contributed by atoms with Crippen molar-refractivity contribution < 1.29 is 19.8 Å². The van der Waals surface area contributed by atoms with Gasteiger partial charge in [-0.3, -0.25) is 4.79 Å². The zero-order valence-corrected chi connectivity index (χ0v) is 11.3. The fourth-order valence-corrected chi connectivity index (χ4v) is 1.49. The summed E-state index contributed by atoms with van der Waals surface area (Å²) in [5, 5.41) is 20.6. The van der Waals surface area contributed by atoms with E-state index in [9.17, 15) is 9.59 Å². The van der Waals surface area contributed by atoms with Gasteiger partial charge in [0.15, 0.2) is 0 Å². The number of carboxylic acids is 1. The first-order chi connectivity index (χ1) is 8.40. The lowest BCUT2D eigenvalue weighted by molar-refractivity contribution is -0.141. The normalized spacial score (nSPS) is 13.7. The van der Waals surface area contributed by atoms with E-state index in [2.05, 4.69) is 21.2 Å². The molecule has 5 nitrogen and oxygen atoms in total. The Hall–Kier alpha value is -1.56. The minimum Gasteiger partial charge on any atom is -0.508 e. The molecule has 1 aromatic rings. The number of aromatic hydroxyl groups is 1. The number of benzene rings is 1. The van der Waals surface area contributed by atoms with Crippen LogP contribution in [0, 0.1) is 0 Å². The number of carboxylic acid groups (broad SMARTS) is 1. The van der Waals surface area contributed by atoms with Crippen LogP contribution in [-0.2, 0) is 16.0 Å². The smallest absolute Gasteiger partial charge is 0.326 e. The molecule has 18 heavy (non-hydrogen) atoms. The molecule has 6 heteroatoms. The lowest BCUT2D eigenvalue weighted by Crippen LogP contribution is -2.44. The van der Waals surface area contributed by atoms with E-state index in [4.69, 9.17) is 10.2 Å². The molecule has 3 N–H and O–H groups in total. The predicted molar refractivity (Wildman–Crippen MR) is 69.8 cm³/mol. The van der Waals surface area contributed by atoms with Gasteiger partial charge in [0.1, 0.15) is 11.8 Å². The molecular formula is C12H14BrNO4. The Morgan fingerprint density at radius 2 is 1.89 bits per heavy atom. The van der Waals surface area contributed by atoms with E-state index in [1.165, 1.54) is 12.1 Å². The van der Waals surface area contributed by atoms with E-state index in [1.54, 1.807) is 19.1 Å². The van der Waals surface area contributed by atoms with Gasteiger partial charge in [0.25, 0.3) is 0 Å². The quantitative estimate of drug-likeness (QED) is 0.715. The Morgan fingerprint density at radius 3 is 2.33 bits per heavy atom. The molecule has 0 aliphatic rings. The SMILES string of the molecule is CC(Br)C(=O)N[C@@H](Cc1ccc(O)cc1)C(=O)O. The molecule has 0 aliphatic carbocycles. The van der Waals surface area contributed by atoms with Crippen LogP contribution in [0.5, 0.6) is 5.75 Å². The molecule has 0 aromatic heterocycles. The van der Waals surface area contributed by atoms with Crippen molar-refractivity contribution in [1.29, 1.82) is 0 Å². The number of rotatable bonds is 5. The Bertz CT molecular complexity index is 430. The topological polar surface area (TPSA) is 86.6 Å². The van der Waals surface area contributed by atoms with Crippen LogP contribution < -0.4 is 5.32 Å². The maximum Gasteiger partial charge on any atom is 0.326 e. The summed E-state index contributed by atoms with van der Waals surface area (Å²) >= 11 is 3.07. The summed E-state index contributed by atoms with van der Waals surface area (Å²) < 4.78 is 0. The van der Waals surface area contributed by atoms with Gasteiger partial charge in [-0.15, -0.1) is 0 Å². The summed E-state index contributed by atoms with van der Waals surface area (Å²) in [5.74, 6) is -1.35. The van der Waals surface area contributed by atoms with Crippen molar-refractivity contribution in [2.24, 2.45) is 0 Å². The number of hydrogen-bond donors (Lipinski definition) is 3. The molecule has 0 saturated carbocycles. The Labute approximate surface area is 113 Å². The molecule has 1 aromatic carbocycles. The largest absolute Gasteiger partial charge is 0.508 e. The molecule has 0 bridgehead atoms. The lowest BCUT2D eigenvalue weighted by atomic mass is 10.1. The number of aliphatic carboxylic acids is 1. The van der Waals surface area contributed by atoms with Crippen molar-refractivity contribution in [3.8, 4) is 5.75 Å². The van der Waals surface area contributed by atoms with Gasteiger partial charge in [-0.2, -0.15) is 0 Å². The van der Waals surface area contributed by atoms with E-state index < -0.39 is 16.8 Å². The van der Waals surface area contributed by atoms with Gasteiger partial charge < -0.3 is 15.5 Å². The Morgan fingerprint density at radius 1 is 1.33 bits per heavy atom. The van der Waals surface area contributed by atoms with Crippen LogP contribution in [0.15, 0.2) is 24.3 Å². The van der Waals surface area contributed by atoms with Crippen molar-refractivity contribution in [3.05, 3.63) is 29.8 Å². The molecule has 1 amide bonds. The Kier molecular flexibility index (Phi) is 5.15. The van der Waals surface area contributed by atoms with Crippen LogP contribution in [0.2, 0.25) is 0 Å². The second kappa shape index (κ2) is 6.39. The predicted octanol–water partition coefficient (Wildman–Crippen LogP) is 1.29. The second-order valence-corrected chi connectivity index (χ2v) is 5.26. The molecule has 0 aliphatic heterocycles. The van der Waals surface area contributed by atoms with Crippen molar-refractivity contribution in [2.75, 3.05) is 0 Å². The highest BCUT2D eigenvalue weighted by molar-refractivity contribution is 9.10. The standard InChI is InChI=1S/C12H14BrNO4/c1-7(13)11(16)14-10(12(17)18)6-8-2-4-9(15)5-3-8/h2-5,7,10,15H,6H2,1H3,(H,14,16)(H,17,18)/t7?,10-/m0/s1. The second-order valence-electron chi connectivity index (χ2n) is 3.89. The van der Waals surface area contributed by atoms with E-state index in [1.807, 2.05) is 0 Å². The third-order valence-corrected chi connectivity index (χ3v) is 2.77. The fourth-order valence-electron chi connectivity index (χ4n) is 1.35. The molecule has 98 valence electrons. The van der Waals surface area contributed by atoms with Crippen LogP contribution in [0.3, 0.4) is 0 Å². The molecule has 1 unspecified atom stereocenters. The number of phenols is 1. The zero-order valence-electron chi connectivity index (χ0n) is 9.76. The molecular weight excluding hydrogens is 302 g/mol. The van der Waals surface area contributed by atoms with E-state index in [0.717, 1.165) is 5.56 Å². The average molecular weight is 316 g/mol. The van der Waals surface area contributed by atoms with Crippen LogP contribution >= 0.6 is 15.9 Å². The maximum absolute atomic E-state index is 11.4. The van der Waals surface area contributed by atoms with Crippen molar-refractivity contribution in [1.82, 2.24) is 5.32 Å². The molecule has 1 rings (SSSR count). The summed E-state index contributed by atoms with van der Waals surface area (Å²) in [6.45, 7) is 1.62. The number of phenolic OH excluding ortho intramolecular Hbond substituents is 1. The van der Waals surface area contributed by atoms with Crippen LogP contribution in [0.25, 0.3) is 0 Å². The van der Waals surface area contributed by atoms with Gasteiger partial charge in [0, 0.05) is 6.42 Å². The summed E-state index contributed by atoms with van der Waals surface area (Å²) in [6, 6.07) is 5.21. The third-order valence-electron chi connectivity index (χ3n) is 2.35. The number of carbonyl (C=O) groups excluding carboxylic acids is 1. The number of carbonyl (C=O) groups is 2. The summed E-state index contributed by atoms with van der Waals surface area (Å²) in [6.07, 6.45) is 0.168. The maximum atomic E-state index is 11.4. The molecule has 0 radical (unpaired) electrons. The number of alkyl halides is 1. The molecule has 0 saturated heterocycles. The highest BCUT2D eigenvalue weighted by Gasteiger charge is 2.22. The van der Waals surface area contributed by atoms with Gasteiger partial charge in [0.05, 0.1) is 4.83 Å². The highest BCUT2D eigenvalue weighted by Crippen LogP contribution is 2.11. The first-order valence-corrected chi connectivity index (χ1v) is 6.27. The van der Waals surface area contributed by atoms with Crippen molar-refractivity contribution >= 4 is 27.8 Å². The highest BCUT2D eigenvalue weighted by atomic mass is 79.9. The van der Waals surface area contributed by atoms with E-state index >= 15 is 0 Å². The molecule has 2 atom stereocenters. The van der Waals surface area contributed by atoms with E-state index in [0.29, 0.717) is 0 Å². The first-order valence-electron chi connectivity index (χ1n) is 5.35. The monoisotopic (exact) mass is 315 g/mol. The zero-order chi connectivity index (χ0) is 13.7. The number of nitrogens with one attached hydrogen (secondary N) is 1. The lowest BCUT2D eigenvalue weighted by Gasteiger charge is -2.15. The summed E-state index contributed by atoms with van der Waals surface area (Å²) in [5.41, 5.74) is 0.725. The number of halogens is 1. The fraction of sp³-hybridized carbons (Fsp3) is 0.333. The first kappa shape index (κ1) is 14.5. The third kappa shape index (κ3) is 4.37. The van der Waals surface area contributed by atoms with Crippen molar-refractivity contribution in [2.45, 2.75) is 24.2 Å². The van der Waals surface area contributed by atoms with E-state index in [-0.39, 0.29) is 18.1 Å². The summed E-state index contributed by atoms with van der Waals surface area (Å²) in [4.78, 5) is 22.0. The van der Waals surface area contributed by atoms with Gasteiger partial charge in [0.2, 0.25) is 5.91 Å². The molecule has 0 spiro atoms. The number of amides is 1. The van der Waals surface area contributed by atoms with Crippen LogP contribution in [0.4, 0.5) is 0 Å². The van der Waals surface area contributed by atoms with Crippen LogP contribution in [0.1, 0.15) is 12.5 Å². The summed E-state index contributed by atoms with van der Waals surface area (Å²) in [7, 11) is 0. The molecule has 0 fully saturated rings. The van der Waals surface area contributed by atoms with Crippen molar-refractivity contribution in [3.63, 3.8) is 0 Å². The van der Waals surface area contributed by atoms with Gasteiger partial charge in [-0.25, -0.2) is 4.79 Å². The van der Waals surface area contributed by atoms with Crippen LogP contribution in [-0.4, -0.2) is 33.0 Å². The average Bonchev–Trinajstić information content (AvgIpc) is 2.30. The minimum absolute atomic E-state index is 0.115. The molecule has 0 heterocycles. The van der Waals surface area contributed by atoms with Gasteiger partial charge >= 0.3 is 5.97 Å². The number of hydrogen-bond acceptors (Lipinski definition) is 3. The Balaban J connectivity index is 2.72. The minimum atomic E-state index is -1.09. The van der Waals surface area contributed by atoms with Gasteiger partial charge in [-0.05, 0) is 24.6 Å². The van der Waals surface area contributed by atoms with Gasteiger partial charge in [-0.1, -0.05) is 28.1 Å².